The van der Waals surface area contributed by atoms with Crippen molar-refractivity contribution in [2.45, 2.75) is 25.8 Å². The van der Waals surface area contributed by atoms with Crippen LogP contribution in [0.25, 0.3) is 17.1 Å². The second-order valence-corrected chi connectivity index (χ2v) is 6.26. The summed E-state index contributed by atoms with van der Waals surface area (Å²) in [5.41, 5.74) is 3.38. The van der Waals surface area contributed by atoms with Crippen molar-refractivity contribution in [1.29, 1.82) is 0 Å². The Morgan fingerprint density at radius 3 is 2.71 bits per heavy atom. The smallest absolute Gasteiger partial charge is 0.157 e. The highest BCUT2D eigenvalue weighted by Crippen LogP contribution is 2.28. The summed E-state index contributed by atoms with van der Waals surface area (Å²) in [4.78, 5) is 11.3. The van der Waals surface area contributed by atoms with E-state index in [-0.39, 0.29) is 0 Å². The van der Waals surface area contributed by atoms with Crippen LogP contribution in [-0.4, -0.2) is 37.7 Å². The fourth-order valence-corrected chi connectivity index (χ4v) is 3.33. The van der Waals surface area contributed by atoms with Crippen LogP contribution in [0.15, 0.2) is 55.1 Å². The predicted octanol–water partition coefficient (Wildman–Crippen LogP) is 3.49. The Kier molecular flexibility index (Phi) is 4.09. The topological polar surface area (TPSA) is 46.8 Å². The average molecular weight is 319 g/mol. The molecule has 5 heteroatoms. The van der Waals surface area contributed by atoms with Gasteiger partial charge in [0, 0.05) is 30.1 Å². The van der Waals surface area contributed by atoms with E-state index in [4.69, 9.17) is 0 Å². The predicted molar refractivity (Wildman–Crippen MR) is 93.8 cm³/mol. The lowest BCUT2D eigenvalue weighted by Crippen LogP contribution is -2.23. The molecule has 0 aliphatic carbocycles. The minimum absolute atomic E-state index is 0.444. The highest BCUT2D eigenvalue weighted by molar-refractivity contribution is 5.61. The summed E-state index contributed by atoms with van der Waals surface area (Å²) < 4.78 is 1.75. The van der Waals surface area contributed by atoms with E-state index in [2.05, 4.69) is 51.2 Å². The van der Waals surface area contributed by atoms with Gasteiger partial charge >= 0.3 is 0 Å². The Balaban J connectivity index is 1.65. The van der Waals surface area contributed by atoms with E-state index in [9.17, 15) is 0 Å². The highest BCUT2D eigenvalue weighted by atomic mass is 15.3. The fourth-order valence-electron chi connectivity index (χ4n) is 3.33. The largest absolute Gasteiger partial charge is 0.297 e. The summed E-state index contributed by atoms with van der Waals surface area (Å²) >= 11 is 0. The molecule has 0 spiro atoms. The van der Waals surface area contributed by atoms with Crippen LogP contribution < -0.4 is 0 Å². The Morgan fingerprint density at radius 1 is 1.04 bits per heavy atom. The number of likely N-dealkylation sites (tertiary alicyclic amines) is 1. The van der Waals surface area contributed by atoms with Crippen molar-refractivity contribution < 1.29 is 0 Å². The molecule has 24 heavy (non-hydrogen) atoms. The third-order valence-electron chi connectivity index (χ3n) is 4.74. The molecule has 5 nitrogen and oxygen atoms in total. The van der Waals surface area contributed by atoms with E-state index >= 15 is 0 Å². The number of benzene rings is 1. The normalized spacial score (nSPS) is 16.4. The first-order chi connectivity index (χ1) is 11.8. The van der Waals surface area contributed by atoms with Gasteiger partial charge in [-0.2, -0.15) is 5.10 Å². The summed E-state index contributed by atoms with van der Waals surface area (Å²) in [6.45, 7) is 4.68. The van der Waals surface area contributed by atoms with Crippen molar-refractivity contribution in [3.8, 4) is 17.1 Å². The van der Waals surface area contributed by atoms with Crippen LogP contribution >= 0.6 is 0 Å². The fraction of sp³-hybridized carbons (Fsp3) is 0.316. The van der Waals surface area contributed by atoms with Crippen molar-refractivity contribution in [2.24, 2.45) is 0 Å². The van der Waals surface area contributed by atoms with E-state index in [0.29, 0.717) is 6.04 Å². The minimum atomic E-state index is 0.444. The maximum Gasteiger partial charge on any atom is 0.157 e. The second kappa shape index (κ2) is 6.53. The summed E-state index contributed by atoms with van der Waals surface area (Å²) in [7, 11) is 0. The van der Waals surface area contributed by atoms with Crippen molar-refractivity contribution in [3.63, 3.8) is 0 Å². The highest BCUT2D eigenvalue weighted by Gasteiger charge is 2.19. The molecule has 0 bridgehead atoms. The first-order valence-corrected chi connectivity index (χ1v) is 8.48. The van der Waals surface area contributed by atoms with Crippen LogP contribution in [0.1, 0.15) is 31.4 Å². The molecule has 1 aliphatic heterocycles. The molecule has 1 unspecified atom stereocenters. The summed E-state index contributed by atoms with van der Waals surface area (Å²) in [5.74, 6) is 0.781. The van der Waals surface area contributed by atoms with Crippen LogP contribution in [0.4, 0.5) is 0 Å². The Bertz CT molecular complexity index is 806. The van der Waals surface area contributed by atoms with Crippen molar-refractivity contribution in [3.05, 3.63) is 60.7 Å². The van der Waals surface area contributed by atoms with Gasteiger partial charge in [0.25, 0.3) is 0 Å². The molecular weight excluding hydrogens is 298 g/mol. The first kappa shape index (κ1) is 15.0. The SMILES string of the molecule is CC(c1cccc(-c2cc(-n3cccn3)ncn2)c1)N1CCCC1. The molecule has 1 aliphatic rings. The van der Waals surface area contributed by atoms with Crippen LogP contribution in [-0.2, 0) is 0 Å². The summed E-state index contributed by atoms with van der Waals surface area (Å²) in [6, 6.07) is 13.0. The van der Waals surface area contributed by atoms with Gasteiger partial charge in [0.1, 0.15) is 6.33 Å². The van der Waals surface area contributed by atoms with E-state index in [1.807, 2.05) is 18.3 Å². The number of aromatic nitrogens is 4. The van der Waals surface area contributed by atoms with Crippen molar-refractivity contribution in [2.75, 3.05) is 13.1 Å². The zero-order valence-electron chi connectivity index (χ0n) is 13.8. The van der Waals surface area contributed by atoms with Gasteiger partial charge in [-0.3, -0.25) is 4.90 Å². The van der Waals surface area contributed by atoms with Crippen LogP contribution in [0.5, 0.6) is 0 Å². The lowest BCUT2D eigenvalue weighted by molar-refractivity contribution is 0.263. The number of rotatable bonds is 4. The second-order valence-electron chi connectivity index (χ2n) is 6.26. The van der Waals surface area contributed by atoms with Crippen molar-refractivity contribution >= 4 is 0 Å². The zero-order chi connectivity index (χ0) is 16.4. The maximum atomic E-state index is 4.45. The lowest BCUT2D eigenvalue weighted by atomic mass is 10.0. The summed E-state index contributed by atoms with van der Waals surface area (Å²) in [6.07, 6.45) is 7.85. The van der Waals surface area contributed by atoms with E-state index in [1.165, 1.54) is 31.5 Å². The number of hydrogen-bond acceptors (Lipinski definition) is 4. The molecule has 1 aromatic carbocycles. The number of nitrogens with zero attached hydrogens (tertiary/aromatic N) is 5. The van der Waals surface area contributed by atoms with Gasteiger partial charge in [-0.15, -0.1) is 0 Å². The Labute approximate surface area is 142 Å². The van der Waals surface area contributed by atoms with Crippen LogP contribution in [0.2, 0.25) is 0 Å². The van der Waals surface area contributed by atoms with Gasteiger partial charge < -0.3 is 0 Å². The molecule has 1 saturated heterocycles. The quantitative estimate of drug-likeness (QED) is 0.738. The molecule has 2 aromatic heterocycles. The molecule has 1 atom stereocenters. The standard InChI is InChI=1S/C19H21N5/c1-15(23-9-2-3-10-23)16-6-4-7-17(12-16)18-13-19(21-14-20-18)24-11-5-8-22-24/h4-8,11-15H,2-3,9-10H2,1H3. The third kappa shape index (κ3) is 2.95. The van der Waals surface area contributed by atoms with Gasteiger partial charge in [-0.05, 0) is 50.6 Å². The van der Waals surface area contributed by atoms with Crippen LogP contribution in [0.3, 0.4) is 0 Å². The lowest BCUT2D eigenvalue weighted by Gasteiger charge is -2.24. The third-order valence-corrected chi connectivity index (χ3v) is 4.74. The Hall–Kier alpha value is -2.53. The monoisotopic (exact) mass is 319 g/mol. The molecule has 3 heterocycles. The molecule has 0 saturated carbocycles. The van der Waals surface area contributed by atoms with Gasteiger partial charge in [-0.1, -0.05) is 18.2 Å². The van der Waals surface area contributed by atoms with Gasteiger partial charge in [0.15, 0.2) is 5.82 Å². The van der Waals surface area contributed by atoms with Crippen LogP contribution in [0, 0.1) is 0 Å². The molecule has 0 radical (unpaired) electrons. The van der Waals surface area contributed by atoms with E-state index < -0.39 is 0 Å². The van der Waals surface area contributed by atoms with Gasteiger partial charge in [-0.25, -0.2) is 14.6 Å². The maximum absolute atomic E-state index is 4.45. The molecule has 122 valence electrons. The molecule has 0 amide bonds. The van der Waals surface area contributed by atoms with Gasteiger partial charge in [0.2, 0.25) is 0 Å². The molecule has 0 N–H and O–H groups in total. The molecule has 1 fully saturated rings. The van der Waals surface area contributed by atoms with E-state index in [0.717, 1.165) is 17.1 Å². The summed E-state index contributed by atoms with van der Waals surface area (Å²) in [5, 5.41) is 4.24. The average Bonchev–Trinajstić information content (AvgIpc) is 3.35. The zero-order valence-corrected chi connectivity index (χ0v) is 13.8. The molecule has 4 rings (SSSR count). The molecular formula is C19H21N5. The van der Waals surface area contributed by atoms with E-state index in [1.54, 1.807) is 17.2 Å². The molecule has 3 aromatic rings. The minimum Gasteiger partial charge on any atom is -0.297 e. The first-order valence-electron chi connectivity index (χ1n) is 8.48. The Morgan fingerprint density at radius 2 is 1.92 bits per heavy atom. The van der Waals surface area contributed by atoms with Crippen molar-refractivity contribution in [1.82, 2.24) is 24.6 Å². The van der Waals surface area contributed by atoms with Gasteiger partial charge in [0.05, 0.1) is 5.69 Å². The number of hydrogen-bond donors (Lipinski definition) is 0.